The third kappa shape index (κ3) is 6.85. The number of nitrogens with zero attached hydrogens (tertiary/aromatic N) is 1. The summed E-state index contributed by atoms with van der Waals surface area (Å²) < 4.78 is 5.62. The molecule has 3 aromatic rings. The Kier molecular flexibility index (Phi) is 9.01. The van der Waals surface area contributed by atoms with Crippen LogP contribution in [0.3, 0.4) is 0 Å². The van der Waals surface area contributed by atoms with Crippen LogP contribution in [0.25, 0.3) is 21.9 Å². The molecule has 0 aliphatic heterocycles. The van der Waals surface area contributed by atoms with Crippen LogP contribution in [0.1, 0.15) is 82.1 Å². The van der Waals surface area contributed by atoms with Crippen LogP contribution in [0.5, 0.6) is 0 Å². The fourth-order valence-corrected chi connectivity index (χ4v) is 4.74. The molecule has 3 rings (SSSR count). The normalized spacial score (nSPS) is 11.2. The van der Waals surface area contributed by atoms with E-state index >= 15 is 0 Å². The number of rotatable bonds is 13. The Morgan fingerprint density at radius 3 is 2.21 bits per heavy atom. The van der Waals surface area contributed by atoms with Gasteiger partial charge >= 0.3 is 0 Å². The van der Waals surface area contributed by atoms with E-state index in [1.807, 2.05) is 11.3 Å². The molecule has 0 saturated heterocycles. The molecule has 0 bridgehead atoms. The highest BCUT2D eigenvalue weighted by atomic mass is 32.1. The molecule has 0 fully saturated rings. The zero-order valence-corrected chi connectivity index (χ0v) is 18.9. The van der Waals surface area contributed by atoms with Gasteiger partial charge in [-0.3, -0.25) is 0 Å². The molecular weight excluding hydrogens is 374 g/mol. The number of unbranched alkanes of at least 4 members (excludes halogenated alkanes) is 7. The molecule has 0 amide bonds. The smallest absolute Gasteiger partial charge is 0.167 e. The van der Waals surface area contributed by atoms with Crippen LogP contribution in [0.15, 0.2) is 47.0 Å². The van der Waals surface area contributed by atoms with Crippen LogP contribution in [-0.4, -0.2) is 5.16 Å². The molecule has 29 heavy (non-hydrogen) atoms. The van der Waals surface area contributed by atoms with E-state index < -0.39 is 0 Å². The standard InChI is InChI=1S/C26H35NOS/c1-3-5-6-7-8-9-10-11-13-23-18-19-26(29-23)24-20-25(28-27-24)22-16-14-21(12-4-2)15-17-22/h14-20H,3-13H2,1-2H3. The van der Waals surface area contributed by atoms with Crippen molar-refractivity contribution in [2.45, 2.75) is 84.5 Å². The minimum absolute atomic E-state index is 0.848. The van der Waals surface area contributed by atoms with Crippen LogP contribution < -0.4 is 0 Å². The largest absolute Gasteiger partial charge is 0.356 e. The molecule has 1 aromatic carbocycles. The summed E-state index contributed by atoms with van der Waals surface area (Å²) in [5.41, 5.74) is 3.42. The van der Waals surface area contributed by atoms with Crippen molar-refractivity contribution in [1.82, 2.24) is 5.16 Å². The number of benzene rings is 1. The second-order valence-corrected chi connectivity index (χ2v) is 9.18. The summed E-state index contributed by atoms with van der Waals surface area (Å²) in [7, 11) is 0. The summed E-state index contributed by atoms with van der Waals surface area (Å²) in [4.78, 5) is 2.66. The first-order chi connectivity index (χ1) is 14.3. The summed E-state index contributed by atoms with van der Waals surface area (Å²) in [6.07, 6.45) is 14.4. The van der Waals surface area contributed by atoms with Gasteiger partial charge in [-0.1, -0.05) is 94.6 Å². The lowest BCUT2D eigenvalue weighted by molar-refractivity contribution is 0.435. The van der Waals surface area contributed by atoms with Crippen LogP contribution in [0.2, 0.25) is 0 Å². The van der Waals surface area contributed by atoms with Crippen LogP contribution in [-0.2, 0) is 12.8 Å². The van der Waals surface area contributed by atoms with Crippen molar-refractivity contribution in [3.8, 4) is 21.9 Å². The topological polar surface area (TPSA) is 26.0 Å². The Morgan fingerprint density at radius 2 is 1.48 bits per heavy atom. The van der Waals surface area contributed by atoms with E-state index in [4.69, 9.17) is 4.52 Å². The minimum Gasteiger partial charge on any atom is -0.356 e. The molecule has 0 spiro atoms. The lowest BCUT2D eigenvalue weighted by Crippen LogP contribution is -1.83. The van der Waals surface area contributed by atoms with Gasteiger partial charge in [0.25, 0.3) is 0 Å². The van der Waals surface area contributed by atoms with E-state index in [1.54, 1.807) is 0 Å². The second-order valence-electron chi connectivity index (χ2n) is 8.01. The highest BCUT2D eigenvalue weighted by molar-refractivity contribution is 7.15. The molecule has 156 valence electrons. The van der Waals surface area contributed by atoms with Crippen molar-refractivity contribution >= 4 is 11.3 Å². The van der Waals surface area contributed by atoms with Crippen molar-refractivity contribution in [1.29, 1.82) is 0 Å². The zero-order valence-electron chi connectivity index (χ0n) is 18.1. The first-order valence-corrected chi connectivity index (χ1v) is 12.3. The fourth-order valence-electron chi connectivity index (χ4n) is 3.73. The van der Waals surface area contributed by atoms with Gasteiger partial charge in [0.05, 0.1) is 4.88 Å². The van der Waals surface area contributed by atoms with Gasteiger partial charge in [0, 0.05) is 16.5 Å². The highest BCUT2D eigenvalue weighted by Gasteiger charge is 2.11. The maximum atomic E-state index is 5.62. The van der Waals surface area contributed by atoms with E-state index in [9.17, 15) is 0 Å². The third-order valence-corrected chi connectivity index (χ3v) is 6.65. The number of aromatic nitrogens is 1. The van der Waals surface area contributed by atoms with Crippen molar-refractivity contribution < 1.29 is 4.52 Å². The van der Waals surface area contributed by atoms with E-state index in [0.29, 0.717) is 0 Å². The lowest BCUT2D eigenvalue weighted by Gasteiger charge is -2.00. The van der Waals surface area contributed by atoms with E-state index in [2.05, 4.69) is 61.5 Å². The Hall–Kier alpha value is -1.87. The molecule has 0 unspecified atom stereocenters. The predicted octanol–water partition coefficient (Wildman–Crippen LogP) is 8.71. The first-order valence-electron chi connectivity index (χ1n) is 11.4. The number of hydrogen-bond acceptors (Lipinski definition) is 3. The van der Waals surface area contributed by atoms with Crippen molar-refractivity contribution in [2.24, 2.45) is 0 Å². The van der Waals surface area contributed by atoms with Gasteiger partial charge in [0.1, 0.15) is 5.69 Å². The highest BCUT2D eigenvalue weighted by Crippen LogP contribution is 2.31. The molecule has 2 nitrogen and oxygen atoms in total. The van der Waals surface area contributed by atoms with Crippen molar-refractivity contribution in [2.75, 3.05) is 0 Å². The molecule has 2 heterocycles. The molecule has 2 aromatic heterocycles. The van der Waals surface area contributed by atoms with Crippen LogP contribution in [0.4, 0.5) is 0 Å². The Bertz CT molecular complexity index is 831. The molecule has 0 aliphatic carbocycles. The molecule has 0 N–H and O–H groups in total. The Morgan fingerprint density at radius 1 is 0.759 bits per heavy atom. The van der Waals surface area contributed by atoms with Gasteiger partial charge in [-0.25, -0.2) is 0 Å². The first kappa shape index (κ1) is 21.8. The van der Waals surface area contributed by atoms with Crippen molar-refractivity contribution in [3.05, 3.63) is 52.9 Å². The van der Waals surface area contributed by atoms with E-state index in [1.165, 1.54) is 79.5 Å². The quantitative estimate of drug-likeness (QED) is 0.264. The van der Waals surface area contributed by atoms with Crippen molar-refractivity contribution in [3.63, 3.8) is 0 Å². The lowest BCUT2D eigenvalue weighted by atomic mass is 10.1. The predicted molar refractivity (Wildman–Crippen MR) is 126 cm³/mol. The molecule has 0 aliphatic rings. The average Bonchev–Trinajstić information content (AvgIpc) is 3.40. The van der Waals surface area contributed by atoms with E-state index in [0.717, 1.165) is 23.4 Å². The minimum atomic E-state index is 0.848. The number of thiophene rings is 1. The number of hydrogen-bond donors (Lipinski definition) is 0. The van der Waals surface area contributed by atoms with Gasteiger partial charge < -0.3 is 4.52 Å². The summed E-state index contributed by atoms with van der Waals surface area (Å²) in [5.74, 6) is 0.848. The molecule has 0 radical (unpaired) electrons. The maximum Gasteiger partial charge on any atom is 0.167 e. The molecular formula is C26H35NOS. The average molecular weight is 410 g/mol. The van der Waals surface area contributed by atoms with Crippen LogP contribution >= 0.6 is 11.3 Å². The van der Waals surface area contributed by atoms with Gasteiger partial charge in [0.2, 0.25) is 0 Å². The van der Waals surface area contributed by atoms with E-state index in [-0.39, 0.29) is 0 Å². The Balaban J connectivity index is 1.47. The van der Waals surface area contributed by atoms with Gasteiger partial charge in [-0.2, -0.15) is 0 Å². The Labute approximate surface area is 180 Å². The van der Waals surface area contributed by atoms with Crippen LogP contribution in [0, 0.1) is 0 Å². The summed E-state index contributed by atoms with van der Waals surface area (Å²) in [6.45, 7) is 4.49. The summed E-state index contributed by atoms with van der Waals surface area (Å²) in [5, 5.41) is 4.32. The zero-order chi connectivity index (χ0) is 20.3. The van der Waals surface area contributed by atoms with Gasteiger partial charge in [-0.15, -0.1) is 11.3 Å². The van der Waals surface area contributed by atoms with Gasteiger partial charge in [-0.05, 0) is 37.0 Å². The monoisotopic (exact) mass is 409 g/mol. The maximum absolute atomic E-state index is 5.62. The SMILES string of the molecule is CCCCCCCCCCc1ccc(-c2cc(-c3ccc(CCC)cc3)on2)s1. The number of aryl methyl sites for hydroxylation is 2. The molecule has 0 atom stereocenters. The van der Waals surface area contributed by atoms with Gasteiger partial charge in [0.15, 0.2) is 5.76 Å². The fraction of sp³-hybridized carbons (Fsp3) is 0.500. The summed E-state index contributed by atoms with van der Waals surface area (Å²) >= 11 is 1.86. The second kappa shape index (κ2) is 12.0. The molecule has 0 saturated carbocycles. The molecule has 3 heteroatoms. The summed E-state index contributed by atoms with van der Waals surface area (Å²) in [6, 6.07) is 15.2. The third-order valence-electron chi connectivity index (χ3n) is 5.48.